The Morgan fingerprint density at radius 3 is 2.53 bits per heavy atom. The largest absolute Gasteiger partial charge is 0.496 e. The lowest BCUT2D eigenvalue weighted by Crippen LogP contribution is -2.42. The van der Waals surface area contributed by atoms with Crippen molar-refractivity contribution in [2.75, 3.05) is 20.3 Å². The highest BCUT2D eigenvalue weighted by atomic mass is 19.1. The molecule has 1 heterocycles. The molecule has 1 aromatic carbocycles. The summed E-state index contributed by atoms with van der Waals surface area (Å²) in [7, 11) is 1.35. The van der Waals surface area contributed by atoms with Crippen LogP contribution in [0.15, 0.2) is 18.2 Å². The van der Waals surface area contributed by atoms with Gasteiger partial charge in [0.2, 0.25) is 5.91 Å². The molecule has 3 atom stereocenters. The maximum atomic E-state index is 13.3. The molecule has 2 amide bonds. The van der Waals surface area contributed by atoms with Crippen LogP contribution in [0.25, 0.3) is 0 Å². The number of rotatable bonds is 5. The molecule has 1 saturated heterocycles. The summed E-state index contributed by atoms with van der Waals surface area (Å²) in [6, 6.07) is 3.19. The van der Waals surface area contributed by atoms with Crippen LogP contribution >= 0.6 is 0 Å². The monoisotopic (exact) mass is 426 g/mol. The average molecular weight is 426 g/mol. The molecule has 10 heteroatoms. The molecular weight excluding hydrogens is 399 g/mol. The van der Waals surface area contributed by atoms with Crippen molar-refractivity contribution in [3.63, 3.8) is 0 Å². The zero-order chi connectivity index (χ0) is 22.1. The number of ether oxygens (including phenoxy) is 2. The van der Waals surface area contributed by atoms with E-state index in [1.165, 1.54) is 19.2 Å². The molecule has 2 fully saturated rings. The number of hydrogen-bond donors (Lipinski definition) is 4. The molecule has 1 saturated carbocycles. The molecule has 1 aliphatic heterocycles. The summed E-state index contributed by atoms with van der Waals surface area (Å²) >= 11 is 0. The standard InChI is InChI=1S/C19H25FN2O5.CH2O2/c1-26-17-10-12(20)2-3-14(17)19(25)22-15-8-11(9-16(15)23)18(24)21-13-4-6-27-7-5-13;2-1-3/h2-3,10-11,13,15-16,23H,4-9H2,1H3,(H,21,24)(H,22,25);1H,(H,2,3)/t11-,15+,16+;/m0./s1. The first kappa shape index (κ1) is 23.6. The van der Waals surface area contributed by atoms with E-state index in [0.29, 0.717) is 26.1 Å². The number of hydrogen-bond acceptors (Lipinski definition) is 6. The van der Waals surface area contributed by atoms with Gasteiger partial charge in [-0.2, -0.15) is 0 Å². The van der Waals surface area contributed by atoms with Crippen molar-refractivity contribution < 1.29 is 38.5 Å². The number of amides is 2. The van der Waals surface area contributed by atoms with Gasteiger partial charge in [0.25, 0.3) is 12.4 Å². The van der Waals surface area contributed by atoms with E-state index in [2.05, 4.69) is 10.6 Å². The van der Waals surface area contributed by atoms with Crippen molar-refractivity contribution in [1.29, 1.82) is 0 Å². The predicted octanol–water partition coefficient (Wildman–Crippen LogP) is 0.700. The van der Waals surface area contributed by atoms with Crippen LogP contribution in [0, 0.1) is 11.7 Å². The number of nitrogens with one attached hydrogen (secondary N) is 2. The number of benzene rings is 1. The second kappa shape index (κ2) is 11.5. The number of halogens is 1. The van der Waals surface area contributed by atoms with Gasteiger partial charge >= 0.3 is 0 Å². The van der Waals surface area contributed by atoms with Crippen molar-refractivity contribution in [2.24, 2.45) is 5.92 Å². The Balaban J connectivity index is 0.00000101. The van der Waals surface area contributed by atoms with Gasteiger partial charge < -0.3 is 30.3 Å². The molecule has 1 aliphatic carbocycles. The van der Waals surface area contributed by atoms with E-state index >= 15 is 0 Å². The van der Waals surface area contributed by atoms with Crippen LogP contribution in [0.3, 0.4) is 0 Å². The van der Waals surface area contributed by atoms with Gasteiger partial charge in [-0.3, -0.25) is 14.4 Å². The molecule has 0 unspecified atom stereocenters. The second-order valence-electron chi connectivity index (χ2n) is 7.16. The van der Waals surface area contributed by atoms with E-state index < -0.39 is 23.9 Å². The Kier molecular flexibility index (Phi) is 9.00. The topological polar surface area (TPSA) is 134 Å². The number of aliphatic hydroxyl groups excluding tert-OH is 1. The molecule has 30 heavy (non-hydrogen) atoms. The number of carboxylic acid groups (broad SMARTS) is 1. The second-order valence-corrected chi connectivity index (χ2v) is 7.16. The van der Waals surface area contributed by atoms with Gasteiger partial charge in [0.15, 0.2) is 0 Å². The molecule has 9 nitrogen and oxygen atoms in total. The summed E-state index contributed by atoms with van der Waals surface area (Å²) in [5.74, 6) is -1.32. The molecule has 0 spiro atoms. The van der Waals surface area contributed by atoms with E-state index in [-0.39, 0.29) is 35.7 Å². The molecular formula is C20H27FN2O7. The summed E-state index contributed by atoms with van der Waals surface area (Å²) in [5.41, 5.74) is 0.182. The minimum atomic E-state index is -0.814. The SMILES string of the molecule is COc1cc(F)ccc1C(=O)N[C@@H]1C[C@H](C(=O)NC2CCOCC2)C[C@H]1O.O=CO. The van der Waals surface area contributed by atoms with Gasteiger partial charge in [0.05, 0.1) is 24.8 Å². The first-order valence-electron chi connectivity index (χ1n) is 9.68. The molecule has 0 bridgehead atoms. The van der Waals surface area contributed by atoms with Gasteiger partial charge in [-0.05, 0) is 37.8 Å². The van der Waals surface area contributed by atoms with Gasteiger partial charge in [0.1, 0.15) is 11.6 Å². The lowest BCUT2D eigenvalue weighted by Gasteiger charge is -2.24. The molecule has 166 valence electrons. The maximum Gasteiger partial charge on any atom is 0.290 e. The van der Waals surface area contributed by atoms with Crippen molar-refractivity contribution >= 4 is 18.3 Å². The van der Waals surface area contributed by atoms with E-state index in [1.54, 1.807) is 0 Å². The predicted molar refractivity (Wildman–Crippen MR) is 104 cm³/mol. The highest BCUT2D eigenvalue weighted by Gasteiger charge is 2.38. The summed E-state index contributed by atoms with van der Waals surface area (Å²) < 4.78 is 23.6. The summed E-state index contributed by atoms with van der Waals surface area (Å²) in [4.78, 5) is 33.3. The van der Waals surface area contributed by atoms with Crippen LogP contribution in [0.1, 0.15) is 36.0 Å². The fourth-order valence-electron chi connectivity index (χ4n) is 3.64. The van der Waals surface area contributed by atoms with E-state index in [9.17, 15) is 19.1 Å². The highest BCUT2D eigenvalue weighted by Crippen LogP contribution is 2.28. The normalized spacial score (nSPS) is 23.6. The first-order chi connectivity index (χ1) is 14.4. The van der Waals surface area contributed by atoms with Gasteiger partial charge in [-0.25, -0.2) is 4.39 Å². The van der Waals surface area contributed by atoms with Crippen LogP contribution in [0.5, 0.6) is 5.75 Å². The van der Waals surface area contributed by atoms with Gasteiger partial charge in [-0.15, -0.1) is 0 Å². The molecule has 3 rings (SSSR count). The highest BCUT2D eigenvalue weighted by molar-refractivity contribution is 5.97. The number of methoxy groups -OCH3 is 1. The number of carbonyl (C=O) groups is 3. The van der Waals surface area contributed by atoms with Crippen molar-refractivity contribution in [2.45, 2.75) is 43.9 Å². The van der Waals surface area contributed by atoms with Crippen LogP contribution in [0.4, 0.5) is 4.39 Å². The third kappa shape index (κ3) is 6.39. The quantitative estimate of drug-likeness (QED) is 0.509. The molecule has 0 aromatic heterocycles. The molecule has 1 aromatic rings. The number of aliphatic hydroxyl groups is 1. The van der Waals surface area contributed by atoms with Crippen LogP contribution in [-0.2, 0) is 14.3 Å². The van der Waals surface area contributed by atoms with Crippen LogP contribution < -0.4 is 15.4 Å². The van der Waals surface area contributed by atoms with E-state index in [4.69, 9.17) is 19.4 Å². The zero-order valence-electron chi connectivity index (χ0n) is 16.7. The fraction of sp³-hybridized carbons (Fsp3) is 0.550. The Hall–Kier alpha value is -2.72. The Morgan fingerprint density at radius 2 is 1.90 bits per heavy atom. The minimum Gasteiger partial charge on any atom is -0.496 e. The van der Waals surface area contributed by atoms with Crippen LogP contribution in [0.2, 0.25) is 0 Å². The summed E-state index contributed by atoms with van der Waals surface area (Å²) in [5, 5.41) is 22.9. The van der Waals surface area contributed by atoms with Crippen LogP contribution in [-0.4, -0.2) is 67.0 Å². The third-order valence-corrected chi connectivity index (χ3v) is 5.19. The van der Waals surface area contributed by atoms with E-state index in [1.807, 2.05) is 0 Å². The first-order valence-corrected chi connectivity index (χ1v) is 9.68. The Bertz CT molecular complexity index is 740. The lowest BCUT2D eigenvalue weighted by atomic mass is 10.0. The molecule has 2 aliphatic rings. The lowest BCUT2D eigenvalue weighted by molar-refractivity contribution is -0.126. The Labute approximate surface area is 173 Å². The zero-order valence-corrected chi connectivity index (χ0v) is 16.7. The van der Waals surface area contributed by atoms with Gasteiger partial charge in [-0.1, -0.05) is 0 Å². The summed E-state index contributed by atoms with van der Waals surface area (Å²) in [6.45, 7) is 1.02. The third-order valence-electron chi connectivity index (χ3n) is 5.19. The van der Waals surface area contributed by atoms with Gasteiger partial charge in [0, 0.05) is 31.2 Å². The van der Waals surface area contributed by atoms with E-state index in [0.717, 1.165) is 18.9 Å². The molecule has 4 N–H and O–H groups in total. The summed E-state index contributed by atoms with van der Waals surface area (Å²) in [6.07, 6.45) is 1.40. The molecule has 0 radical (unpaired) electrons. The van der Waals surface area contributed by atoms with Crippen molar-refractivity contribution in [1.82, 2.24) is 10.6 Å². The fourth-order valence-corrected chi connectivity index (χ4v) is 3.64. The van der Waals surface area contributed by atoms with Crippen molar-refractivity contribution in [3.05, 3.63) is 29.6 Å². The smallest absolute Gasteiger partial charge is 0.290 e. The Morgan fingerprint density at radius 1 is 1.23 bits per heavy atom. The number of carbonyl (C=O) groups excluding carboxylic acids is 2. The minimum absolute atomic E-state index is 0.0977. The average Bonchev–Trinajstić information content (AvgIpc) is 3.09. The van der Waals surface area contributed by atoms with Crippen molar-refractivity contribution in [3.8, 4) is 5.75 Å². The maximum absolute atomic E-state index is 13.3.